The molecule has 0 atom stereocenters. The summed E-state index contributed by atoms with van der Waals surface area (Å²) in [4.78, 5) is 4.37. The smallest absolute Gasteiger partial charge is 0.0961 e. The molecule has 0 aliphatic carbocycles. The van der Waals surface area contributed by atoms with Crippen molar-refractivity contribution in [3.63, 3.8) is 0 Å². The molecule has 0 fully saturated rings. The Bertz CT molecular complexity index is 686. The van der Waals surface area contributed by atoms with Crippen LogP contribution in [-0.2, 0) is 6.54 Å². The van der Waals surface area contributed by atoms with Crippen LogP contribution in [0.5, 0.6) is 0 Å². The zero-order chi connectivity index (χ0) is 12.5. The quantitative estimate of drug-likeness (QED) is 0.737. The molecule has 3 aromatic rings. The van der Waals surface area contributed by atoms with Crippen LogP contribution >= 0.6 is 15.9 Å². The van der Waals surface area contributed by atoms with Crippen molar-refractivity contribution in [2.45, 2.75) is 6.54 Å². The van der Waals surface area contributed by atoms with Crippen molar-refractivity contribution in [1.82, 2.24) is 9.55 Å². The van der Waals surface area contributed by atoms with E-state index in [4.69, 9.17) is 5.73 Å². The lowest BCUT2D eigenvalue weighted by Gasteiger charge is -2.05. The lowest BCUT2D eigenvalue weighted by molar-refractivity contribution is 0.824. The van der Waals surface area contributed by atoms with E-state index in [1.807, 2.05) is 36.7 Å². The molecule has 0 radical (unpaired) electrons. The minimum Gasteiger partial charge on any atom is -0.399 e. The topological polar surface area (TPSA) is 43.8 Å². The Kier molecular flexibility index (Phi) is 2.80. The van der Waals surface area contributed by atoms with Crippen LogP contribution in [0.3, 0.4) is 0 Å². The Morgan fingerprint density at radius 2 is 1.89 bits per heavy atom. The summed E-state index contributed by atoms with van der Waals surface area (Å²) in [6.07, 6.45) is 1.85. The number of nitrogens with two attached hydrogens (primary N) is 1. The predicted octanol–water partition coefficient (Wildman–Crippen LogP) is 3.43. The van der Waals surface area contributed by atoms with E-state index >= 15 is 0 Å². The van der Waals surface area contributed by atoms with Gasteiger partial charge in [-0.15, -0.1) is 0 Å². The van der Waals surface area contributed by atoms with Gasteiger partial charge >= 0.3 is 0 Å². The first-order valence-electron chi connectivity index (χ1n) is 5.67. The van der Waals surface area contributed by atoms with Gasteiger partial charge in [0.15, 0.2) is 0 Å². The number of hydrogen-bond acceptors (Lipinski definition) is 2. The van der Waals surface area contributed by atoms with Gasteiger partial charge in [0, 0.05) is 16.7 Å². The van der Waals surface area contributed by atoms with Gasteiger partial charge in [0.25, 0.3) is 0 Å². The molecule has 1 aromatic heterocycles. The van der Waals surface area contributed by atoms with E-state index in [0.29, 0.717) is 0 Å². The summed E-state index contributed by atoms with van der Waals surface area (Å²) < 4.78 is 3.22. The third-order valence-electron chi connectivity index (χ3n) is 2.91. The molecule has 0 bridgehead atoms. The molecule has 0 spiro atoms. The molecule has 0 aliphatic heterocycles. The van der Waals surface area contributed by atoms with Crippen molar-refractivity contribution in [2.75, 3.05) is 5.73 Å². The lowest BCUT2D eigenvalue weighted by Crippen LogP contribution is -1.97. The second-order valence-corrected chi connectivity index (χ2v) is 5.16. The normalized spacial score (nSPS) is 10.9. The summed E-state index contributed by atoms with van der Waals surface area (Å²) in [5, 5.41) is 0. The van der Waals surface area contributed by atoms with Crippen LogP contribution < -0.4 is 5.73 Å². The number of hydrogen-bond donors (Lipinski definition) is 1. The van der Waals surface area contributed by atoms with Crippen LogP contribution in [0.1, 0.15) is 5.56 Å². The Hall–Kier alpha value is -1.81. The van der Waals surface area contributed by atoms with Gasteiger partial charge in [-0.25, -0.2) is 4.98 Å². The lowest BCUT2D eigenvalue weighted by atomic mass is 10.2. The van der Waals surface area contributed by atoms with Gasteiger partial charge in [-0.2, -0.15) is 0 Å². The van der Waals surface area contributed by atoms with E-state index in [9.17, 15) is 0 Å². The van der Waals surface area contributed by atoms with E-state index in [1.54, 1.807) is 0 Å². The van der Waals surface area contributed by atoms with Gasteiger partial charge in [0.2, 0.25) is 0 Å². The monoisotopic (exact) mass is 301 g/mol. The predicted molar refractivity (Wildman–Crippen MR) is 77.4 cm³/mol. The maximum atomic E-state index is 5.75. The summed E-state index contributed by atoms with van der Waals surface area (Å²) >= 11 is 3.44. The number of fused-ring (bicyclic) bond motifs is 1. The van der Waals surface area contributed by atoms with Crippen molar-refractivity contribution >= 4 is 32.7 Å². The first kappa shape index (κ1) is 11.3. The van der Waals surface area contributed by atoms with Gasteiger partial charge < -0.3 is 10.3 Å². The summed E-state index contributed by atoms with van der Waals surface area (Å²) in [5.74, 6) is 0. The fourth-order valence-electron chi connectivity index (χ4n) is 1.99. The molecular weight excluding hydrogens is 290 g/mol. The van der Waals surface area contributed by atoms with Crippen molar-refractivity contribution in [2.24, 2.45) is 0 Å². The van der Waals surface area contributed by atoms with Crippen molar-refractivity contribution in [3.8, 4) is 0 Å². The Labute approximate surface area is 113 Å². The molecule has 2 aromatic carbocycles. The number of rotatable bonds is 2. The highest BCUT2D eigenvalue weighted by Crippen LogP contribution is 2.18. The summed E-state index contributed by atoms with van der Waals surface area (Å²) in [6.45, 7) is 0.813. The standard InChI is InChI=1S/C14H12BrN3/c15-11-3-1-10(2-4-11)8-18-9-17-13-7-12(16)5-6-14(13)18/h1-7,9H,8,16H2. The number of aromatic nitrogens is 2. The van der Waals surface area contributed by atoms with Crippen LogP contribution in [0.15, 0.2) is 53.3 Å². The molecule has 90 valence electrons. The van der Waals surface area contributed by atoms with Gasteiger partial charge in [-0.05, 0) is 35.9 Å². The zero-order valence-electron chi connectivity index (χ0n) is 9.68. The molecule has 0 saturated heterocycles. The first-order valence-corrected chi connectivity index (χ1v) is 6.46. The molecule has 0 unspecified atom stereocenters. The Balaban J connectivity index is 1.97. The SMILES string of the molecule is Nc1ccc2c(c1)ncn2Cc1ccc(Br)cc1. The fourth-order valence-corrected chi connectivity index (χ4v) is 2.26. The van der Waals surface area contributed by atoms with Gasteiger partial charge in [-0.1, -0.05) is 28.1 Å². The molecule has 2 N–H and O–H groups in total. The van der Waals surface area contributed by atoms with Crippen LogP contribution in [-0.4, -0.2) is 9.55 Å². The second-order valence-electron chi connectivity index (χ2n) is 4.25. The minimum absolute atomic E-state index is 0.747. The molecule has 0 saturated carbocycles. The van der Waals surface area contributed by atoms with Crippen molar-refractivity contribution < 1.29 is 0 Å². The van der Waals surface area contributed by atoms with Gasteiger partial charge in [-0.3, -0.25) is 0 Å². The molecule has 4 heteroatoms. The van der Waals surface area contributed by atoms with E-state index in [1.165, 1.54) is 5.56 Å². The van der Waals surface area contributed by atoms with E-state index < -0.39 is 0 Å². The van der Waals surface area contributed by atoms with Gasteiger partial charge in [0.1, 0.15) is 0 Å². The van der Waals surface area contributed by atoms with Crippen LogP contribution in [0, 0.1) is 0 Å². The summed E-state index contributed by atoms with van der Waals surface area (Å²) in [7, 11) is 0. The van der Waals surface area contributed by atoms with Crippen LogP contribution in [0.25, 0.3) is 11.0 Å². The van der Waals surface area contributed by atoms with Crippen molar-refractivity contribution in [3.05, 3.63) is 58.8 Å². The maximum Gasteiger partial charge on any atom is 0.0961 e. The highest BCUT2D eigenvalue weighted by atomic mass is 79.9. The van der Waals surface area contributed by atoms with E-state index in [-0.39, 0.29) is 0 Å². The molecule has 3 nitrogen and oxygen atoms in total. The fraction of sp³-hybridized carbons (Fsp3) is 0.0714. The Morgan fingerprint density at radius 3 is 2.67 bits per heavy atom. The molecule has 0 aliphatic rings. The number of anilines is 1. The molecule has 18 heavy (non-hydrogen) atoms. The zero-order valence-corrected chi connectivity index (χ0v) is 11.3. The number of halogens is 1. The third-order valence-corrected chi connectivity index (χ3v) is 3.44. The average molecular weight is 302 g/mol. The molecular formula is C14H12BrN3. The number of nitrogen functional groups attached to an aromatic ring is 1. The average Bonchev–Trinajstić information content (AvgIpc) is 2.74. The highest BCUT2D eigenvalue weighted by molar-refractivity contribution is 9.10. The largest absolute Gasteiger partial charge is 0.399 e. The third kappa shape index (κ3) is 2.11. The first-order chi connectivity index (χ1) is 8.72. The molecule has 1 heterocycles. The molecule has 3 rings (SSSR count). The second kappa shape index (κ2) is 4.46. The van der Waals surface area contributed by atoms with Crippen molar-refractivity contribution in [1.29, 1.82) is 0 Å². The van der Waals surface area contributed by atoms with E-state index in [2.05, 4.69) is 37.6 Å². The summed E-state index contributed by atoms with van der Waals surface area (Å²) in [6, 6.07) is 14.1. The number of benzene rings is 2. The van der Waals surface area contributed by atoms with E-state index in [0.717, 1.165) is 27.7 Å². The number of nitrogens with zero attached hydrogens (tertiary/aromatic N) is 2. The van der Waals surface area contributed by atoms with Gasteiger partial charge in [0.05, 0.1) is 17.4 Å². The number of imidazole rings is 1. The van der Waals surface area contributed by atoms with Crippen LogP contribution in [0.2, 0.25) is 0 Å². The highest BCUT2D eigenvalue weighted by Gasteiger charge is 2.03. The maximum absolute atomic E-state index is 5.75. The van der Waals surface area contributed by atoms with Crippen LogP contribution in [0.4, 0.5) is 5.69 Å². The minimum atomic E-state index is 0.747. The molecule has 0 amide bonds. The Morgan fingerprint density at radius 1 is 1.11 bits per heavy atom. The summed E-state index contributed by atoms with van der Waals surface area (Å²) in [5.41, 5.74) is 9.78.